The lowest BCUT2D eigenvalue weighted by molar-refractivity contribution is -0.158. The van der Waals surface area contributed by atoms with Crippen molar-refractivity contribution in [3.63, 3.8) is 0 Å². The first kappa shape index (κ1) is 25.4. The fourth-order valence-corrected chi connectivity index (χ4v) is 2.25. The van der Waals surface area contributed by atoms with E-state index in [0.717, 1.165) is 0 Å². The molecule has 0 saturated heterocycles. The van der Waals surface area contributed by atoms with Crippen molar-refractivity contribution in [1.82, 2.24) is 5.32 Å². The molecule has 0 aliphatic heterocycles. The lowest BCUT2D eigenvalue weighted by Crippen LogP contribution is -2.45. The topological polar surface area (TPSA) is 81.7 Å². The number of carbonyl (C=O) groups excluding carboxylic acids is 3. The minimum absolute atomic E-state index is 0.170. The van der Waals surface area contributed by atoms with E-state index in [9.17, 15) is 31.9 Å². The standard InChI is InChI=1S/C20H25F4NO5/c1-19(2,3)29-13(26)8-7-12(18(28)30-20(4,5)6)25-17(27)10-9-11(21)15(23)16(24)14(10)22/h9,12H,7-8H2,1-6H3,(H,25,27)/t12-/m0/s1. The molecule has 30 heavy (non-hydrogen) atoms. The van der Waals surface area contributed by atoms with Crippen LogP contribution in [0.1, 0.15) is 64.7 Å². The zero-order valence-corrected chi connectivity index (χ0v) is 17.6. The second kappa shape index (κ2) is 9.44. The molecule has 0 aliphatic carbocycles. The molecule has 1 aromatic rings. The van der Waals surface area contributed by atoms with Crippen molar-refractivity contribution in [2.24, 2.45) is 0 Å². The van der Waals surface area contributed by atoms with Gasteiger partial charge in [0, 0.05) is 6.42 Å². The number of benzene rings is 1. The first-order valence-electron chi connectivity index (χ1n) is 9.10. The van der Waals surface area contributed by atoms with Crippen molar-refractivity contribution in [2.45, 2.75) is 71.6 Å². The van der Waals surface area contributed by atoms with E-state index in [2.05, 4.69) is 5.32 Å². The predicted octanol–water partition coefficient (Wildman–Crippen LogP) is 3.81. The molecule has 0 heterocycles. The van der Waals surface area contributed by atoms with Crippen LogP contribution in [-0.2, 0) is 19.1 Å². The Balaban J connectivity index is 3.07. The largest absolute Gasteiger partial charge is 0.460 e. The van der Waals surface area contributed by atoms with Gasteiger partial charge in [-0.1, -0.05) is 0 Å². The van der Waals surface area contributed by atoms with E-state index >= 15 is 0 Å². The molecule has 0 saturated carbocycles. The number of nitrogens with one attached hydrogen (secondary N) is 1. The highest BCUT2D eigenvalue weighted by Gasteiger charge is 2.30. The van der Waals surface area contributed by atoms with E-state index in [4.69, 9.17) is 9.47 Å². The summed E-state index contributed by atoms with van der Waals surface area (Å²) in [5.74, 6) is -10.9. The van der Waals surface area contributed by atoms with Gasteiger partial charge in [0.1, 0.15) is 17.2 Å². The second-order valence-electron chi connectivity index (χ2n) is 8.53. The summed E-state index contributed by atoms with van der Waals surface area (Å²) in [4.78, 5) is 36.6. The van der Waals surface area contributed by atoms with Gasteiger partial charge in [-0.2, -0.15) is 0 Å². The number of rotatable bonds is 6. The Bertz CT molecular complexity index is 828. The highest BCUT2D eigenvalue weighted by atomic mass is 19.2. The van der Waals surface area contributed by atoms with Crippen molar-refractivity contribution < 1.29 is 41.4 Å². The van der Waals surface area contributed by atoms with Crippen LogP contribution in [0.4, 0.5) is 17.6 Å². The Hall–Kier alpha value is -2.65. The maximum atomic E-state index is 13.9. The van der Waals surface area contributed by atoms with Crippen LogP contribution < -0.4 is 5.32 Å². The first-order valence-corrected chi connectivity index (χ1v) is 9.10. The summed E-state index contributed by atoms with van der Waals surface area (Å²) < 4.78 is 64.1. The van der Waals surface area contributed by atoms with E-state index in [1.54, 1.807) is 41.5 Å². The summed E-state index contributed by atoms with van der Waals surface area (Å²) in [5, 5.41) is 2.07. The average Bonchev–Trinajstić information content (AvgIpc) is 2.56. The third-order valence-corrected chi connectivity index (χ3v) is 3.40. The Morgan fingerprint density at radius 1 is 0.900 bits per heavy atom. The van der Waals surface area contributed by atoms with Gasteiger partial charge >= 0.3 is 11.9 Å². The van der Waals surface area contributed by atoms with Crippen molar-refractivity contribution in [3.05, 3.63) is 34.9 Å². The number of amides is 1. The molecule has 1 amide bonds. The highest BCUT2D eigenvalue weighted by Crippen LogP contribution is 2.20. The highest BCUT2D eigenvalue weighted by molar-refractivity contribution is 5.97. The van der Waals surface area contributed by atoms with Gasteiger partial charge in [0.15, 0.2) is 23.3 Å². The third-order valence-electron chi connectivity index (χ3n) is 3.40. The van der Waals surface area contributed by atoms with Crippen LogP contribution in [0, 0.1) is 23.3 Å². The summed E-state index contributed by atoms with van der Waals surface area (Å²) in [5.41, 5.74) is -2.88. The molecule has 1 N–H and O–H groups in total. The van der Waals surface area contributed by atoms with Crippen molar-refractivity contribution in [3.8, 4) is 0 Å². The van der Waals surface area contributed by atoms with E-state index < -0.39 is 63.9 Å². The molecular formula is C20H25F4NO5. The van der Waals surface area contributed by atoms with Crippen molar-refractivity contribution >= 4 is 17.8 Å². The smallest absolute Gasteiger partial charge is 0.329 e. The lowest BCUT2D eigenvalue weighted by atomic mass is 10.1. The van der Waals surface area contributed by atoms with Crippen LogP contribution >= 0.6 is 0 Å². The third kappa shape index (κ3) is 7.64. The quantitative estimate of drug-likeness (QED) is 0.318. The number of esters is 2. The normalized spacial score (nSPS) is 12.9. The Morgan fingerprint density at radius 3 is 1.93 bits per heavy atom. The van der Waals surface area contributed by atoms with Crippen LogP contribution in [0.2, 0.25) is 0 Å². The van der Waals surface area contributed by atoms with E-state index in [0.29, 0.717) is 0 Å². The predicted molar refractivity (Wildman–Crippen MR) is 98.5 cm³/mol. The van der Waals surface area contributed by atoms with Crippen LogP contribution in [0.25, 0.3) is 0 Å². The average molecular weight is 435 g/mol. The molecule has 10 heteroatoms. The minimum Gasteiger partial charge on any atom is -0.460 e. The molecule has 0 fully saturated rings. The fourth-order valence-electron chi connectivity index (χ4n) is 2.25. The van der Waals surface area contributed by atoms with Crippen LogP contribution in [0.3, 0.4) is 0 Å². The number of hydrogen-bond acceptors (Lipinski definition) is 5. The zero-order valence-electron chi connectivity index (χ0n) is 17.6. The van der Waals surface area contributed by atoms with Gasteiger partial charge in [0.2, 0.25) is 0 Å². The van der Waals surface area contributed by atoms with Gasteiger partial charge in [-0.3, -0.25) is 9.59 Å². The number of halogens is 4. The molecule has 1 aromatic carbocycles. The van der Waals surface area contributed by atoms with E-state index in [1.165, 1.54) is 0 Å². The first-order chi connectivity index (χ1) is 13.5. The maximum Gasteiger partial charge on any atom is 0.329 e. The van der Waals surface area contributed by atoms with Gasteiger partial charge in [-0.05, 0) is 54.0 Å². The molecule has 0 aliphatic rings. The molecule has 6 nitrogen and oxygen atoms in total. The van der Waals surface area contributed by atoms with Gasteiger partial charge in [0.25, 0.3) is 5.91 Å². The van der Waals surface area contributed by atoms with Gasteiger partial charge in [0.05, 0.1) is 5.56 Å². The monoisotopic (exact) mass is 435 g/mol. The van der Waals surface area contributed by atoms with Crippen molar-refractivity contribution in [1.29, 1.82) is 0 Å². The summed E-state index contributed by atoms with van der Waals surface area (Å²) in [6.45, 7) is 9.58. The number of hydrogen-bond donors (Lipinski definition) is 1. The summed E-state index contributed by atoms with van der Waals surface area (Å²) >= 11 is 0. The summed E-state index contributed by atoms with van der Waals surface area (Å²) in [6, 6.07) is -1.29. The van der Waals surface area contributed by atoms with Gasteiger partial charge in [-0.15, -0.1) is 0 Å². The molecule has 0 bridgehead atoms. The lowest BCUT2D eigenvalue weighted by Gasteiger charge is -2.25. The van der Waals surface area contributed by atoms with Crippen LogP contribution in [0.5, 0.6) is 0 Å². The number of ether oxygens (including phenoxy) is 2. The van der Waals surface area contributed by atoms with Crippen LogP contribution in [-0.4, -0.2) is 35.1 Å². The van der Waals surface area contributed by atoms with Gasteiger partial charge < -0.3 is 14.8 Å². The maximum absolute atomic E-state index is 13.9. The molecular weight excluding hydrogens is 410 g/mol. The summed E-state index contributed by atoms with van der Waals surface area (Å²) in [7, 11) is 0. The molecule has 0 unspecified atom stereocenters. The molecule has 1 atom stereocenters. The zero-order chi connectivity index (χ0) is 23.4. The Labute approximate surface area is 171 Å². The van der Waals surface area contributed by atoms with E-state index in [1.807, 2.05) is 0 Å². The summed E-state index contributed by atoms with van der Waals surface area (Å²) in [6.07, 6.45) is -0.598. The SMILES string of the molecule is CC(C)(C)OC(=O)CC[C@H](NC(=O)c1cc(F)c(F)c(F)c1F)C(=O)OC(C)(C)C. The molecule has 0 radical (unpaired) electrons. The fraction of sp³-hybridized carbons (Fsp3) is 0.550. The Kier molecular flexibility index (Phi) is 7.99. The molecule has 168 valence electrons. The van der Waals surface area contributed by atoms with Crippen molar-refractivity contribution in [2.75, 3.05) is 0 Å². The Morgan fingerprint density at radius 2 is 1.43 bits per heavy atom. The second-order valence-corrected chi connectivity index (χ2v) is 8.53. The molecule has 1 rings (SSSR count). The molecule has 0 aromatic heterocycles. The molecule has 0 spiro atoms. The van der Waals surface area contributed by atoms with Crippen LogP contribution in [0.15, 0.2) is 6.07 Å². The number of carbonyl (C=O) groups is 3. The van der Waals surface area contributed by atoms with E-state index in [-0.39, 0.29) is 18.9 Å². The van der Waals surface area contributed by atoms with Gasteiger partial charge in [-0.25, -0.2) is 22.4 Å². The minimum atomic E-state index is -2.16.